The number of anilines is 1. The number of aromatic nitrogens is 2. The Kier molecular flexibility index (Phi) is 5.46. The van der Waals surface area contributed by atoms with E-state index in [0.717, 1.165) is 6.42 Å². The van der Waals surface area contributed by atoms with Crippen molar-refractivity contribution in [3.63, 3.8) is 0 Å². The number of carbonyl (C=O) groups excluding carboxylic acids is 1. The zero-order valence-corrected chi connectivity index (χ0v) is 11.7. The van der Waals surface area contributed by atoms with Crippen molar-refractivity contribution in [2.75, 3.05) is 18.4 Å². The third-order valence-corrected chi connectivity index (χ3v) is 2.83. The summed E-state index contributed by atoms with van der Waals surface area (Å²) >= 11 is 0. The van der Waals surface area contributed by atoms with Crippen molar-refractivity contribution in [3.05, 3.63) is 66.5 Å². The van der Waals surface area contributed by atoms with Gasteiger partial charge >= 0.3 is 0 Å². The van der Waals surface area contributed by atoms with E-state index in [9.17, 15) is 4.79 Å². The molecule has 0 saturated heterocycles. The molecule has 1 aromatic heterocycles. The van der Waals surface area contributed by atoms with Crippen LogP contribution in [0.5, 0.6) is 0 Å². The van der Waals surface area contributed by atoms with Crippen molar-refractivity contribution in [1.29, 1.82) is 0 Å². The average molecular weight is 282 g/mol. The average Bonchev–Trinajstić information content (AvgIpc) is 2.54. The second kappa shape index (κ2) is 7.79. The Morgan fingerprint density at radius 3 is 2.81 bits per heavy atom. The first-order valence-corrected chi connectivity index (χ1v) is 6.79. The number of nitrogens with one attached hydrogen (secondary N) is 2. The van der Waals surface area contributed by atoms with Gasteiger partial charge in [0.05, 0.1) is 0 Å². The lowest BCUT2D eigenvalue weighted by Crippen LogP contribution is -2.26. The number of amides is 1. The van der Waals surface area contributed by atoms with Crippen LogP contribution in [-0.4, -0.2) is 29.0 Å². The lowest BCUT2D eigenvalue weighted by atomic mass is 10.1. The van der Waals surface area contributed by atoms with E-state index in [-0.39, 0.29) is 5.91 Å². The van der Waals surface area contributed by atoms with Crippen LogP contribution >= 0.6 is 0 Å². The van der Waals surface area contributed by atoms with Crippen LogP contribution in [0.15, 0.2) is 55.3 Å². The van der Waals surface area contributed by atoms with Crippen LogP contribution in [0, 0.1) is 0 Å². The molecule has 1 aromatic carbocycles. The van der Waals surface area contributed by atoms with Crippen molar-refractivity contribution in [1.82, 2.24) is 15.3 Å². The molecule has 0 aliphatic rings. The summed E-state index contributed by atoms with van der Waals surface area (Å²) < 4.78 is 0. The molecule has 2 N–H and O–H groups in total. The third-order valence-electron chi connectivity index (χ3n) is 2.83. The Balaban J connectivity index is 1.86. The molecule has 0 aliphatic heterocycles. The first kappa shape index (κ1) is 14.7. The van der Waals surface area contributed by atoms with Crippen LogP contribution in [0.3, 0.4) is 0 Å². The van der Waals surface area contributed by atoms with E-state index in [1.807, 2.05) is 30.3 Å². The Hall–Kier alpha value is -2.69. The van der Waals surface area contributed by atoms with E-state index in [1.165, 1.54) is 5.56 Å². The zero-order chi connectivity index (χ0) is 14.9. The molecule has 108 valence electrons. The van der Waals surface area contributed by atoms with Crippen molar-refractivity contribution in [3.8, 4) is 0 Å². The predicted molar refractivity (Wildman–Crippen MR) is 83.2 cm³/mol. The standard InChI is InChI=1S/C16H18N4O/c1-2-10-18-16-19-12-9-14(20-16)15(21)17-11-8-13-6-4-3-5-7-13/h2-7,9,12H,1,8,10-11H2,(H,17,21)(H,18,19,20). The normalized spacial score (nSPS) is 9.90. The smallest absolute Gasteiger partial charge is 0.270 e. The fourth-order valence-electron chi connectivity index (χ4n) is 1.79. The van der Waals surface area contributed by atoms with Gasteiger partial charge in [0.15, 0.2) is 0 Å². The summed E-state index contributed by atoms with van der Waals surface area (Å²) in [6.45, 7) is 4.73. The molecule has 2 aromatic rings. The van der Waals surface area contributed by atoms with Gasteiger partial charge in [0.25, 0.3) is 5.91 Å². The van der Waals surface area contributed by atoms with Gasteiger partial charge in [0, 0.05) is 19.3 Å². The Morgan fingerprint density at radius 1 is 1.24 bits per heavy atom. The minimum atomic E-state index is -0.199. The highest BCUT2D eigenvalue weighted by molar-refractivity contribution is 5.92. The number of rotatable bonds is 7. The maximum atomic E-state index is 12.0. The second-order valence-corrected chi connectivity index (χ2v) is 4.43. The van der Waals surface area contributed by atoms with Crippen molar-refractivity contribution < 1.29 is 4.79 Å². The van der Waals surface area contributed by atoms with Gasteiger partial charge in [-0.1, -0.05) is 36.4 Å². The minimum Gasteiger partial charge on any atom is -0.351 e. The van der Waals surface area contributed by atoms with Crippen molar-refractivity contribution in [2.45, 2.75) is 6.42 Å². The molecular formula is C16H18N4O. The molecule has 0 fully saturated rings. The van der Waals surface area contributed by atoms with Gasteiger partial charge in [-0.05, 0) is 18.1 Å². The van der Waals surface area contributed by atoms with Crippen molar-refractivity contribution >= 4 is 11.9 Å². The molecule has 0 bridgehead atoms. The van der Waals surface area contributed by atoms with Gasteiger partial charge in [0.2, 0.25) is 5.95 Å². The molecule has 21 heavy (non-hydrogen) atoms. The van der Waals surface area contributed by atoms with Crippen molar-refractivity contribution in [2.24, 2.45) is 0 Å². The van der Waals surface area contributed by atoms with E-state index in [2.05, 4.69) is 27.2 Å². The SMILES string of the molecule is C=CCNc1nccc(C(=O)NCCc2ccccc2)n1. The molecule has 0 aliphatic carbocycles. The van der Waals surface area contributed by atoms with E-state index < -0.39 is 0 Å². The molecular weight excluding hydrogens is 264 g/mol. The zero-order valence-electron chi connectivity index (χ0n) is 11.7. The van der Waals surface area contributed by atoms with Gasteiger partial charge in [-0.3, -0.25) is 4.79 Å². The molecule has 0 unspecified atom stereocenters. The maximum absolute atomic E-state index is 12.0. The highest BCUT2D eigenvalue weighted by Crippen LogP contribution is 2.01. The van der Waals surface area contributed by atoms with Crippen LogP contribution in [0.25, 0.3) is 0 Å². The lowest BCUT2D eigenvalue weighted by Gasteiger charge is -2.06. The topological polar surface area (TPSA) is 66.9 Å². The Morgan fingerprint density at radius 2 is 2.05 bits per heavy atom. The number of carbonyl (C=O) groups is 1. The highest BCUT2D eigenvalue weighted by atomic mass is 16.1. The van der Waals surface area contributed by atoms with Crippen LogP contribution in [0.1, 0.15) is 16.1 Å². The lowest BCUT2D eigenvalue weighted by molar-refractivity contribution is 0.0949. The van der Waals surface area contributed by atoms with Gasteiger partial charge in [0.1, 0.15) is 5.69 Å². The van der Waals surface area contributed by atoms with Gasteiger partial charge in [-0.15, -0.1) is 6.58 Å². The monoisotopic (exact) mass is 282 g/mol. The molecule has 1 amide bonds. The quantitative estimate of drug-likeness (QED) is 0.763. The molecule has 0 spiro atoms. The Bertz CT molecular complexity index is 598. The van der Waals surface area contributed by atoms with E-state index >= 15 is 0 Å². The van der Waals surface area contributed by atoms with Gasteiger partial charge < -0.3 is 10.6 Å². The first-order chi connectivity index (χ1) is 10.3. The summed E-state index contributed by atoms with van der Waals surface area (Å²) in [6, 6.07) is 11.6. The molecule has 0 saturated carbocycles. The molecule has 0 radical (unpaired) electrons. The summed E-state index contributed by atoms with van der Waals surface area (Å²) in [5, 5.41) is 5.80. The highest BCUT2D eigenvalue weighted by Gasteiger charge is 2.07. The van der Waals surface area contributed by atoms with E-state index in [0.29, 0.717) is 24.7 Å². The molecule has 2 rings (SSSR count). The molecule has 1 heterocycles. The minimum absolute atomic E-state index is 0.199. The summed E-state index contributed by atoms with van der Waals surface area (Å²) in [6.07, 6.45) is 4.06. The summed E-state index contributed by atoms with van der Waals surface area (Å²) in [4.78, 5) is 20.2. The summed E-state index contributed by atoms with van der Waals surface area (Å²) in [5.41, 5.74) is 1.54. The molecule has 5 heteroatoms. The number of hydrogen-bond acceptors (Lipinski definition) is 4. The number of hydrogen-bond donors (Lipinski definition) is 2. The Labute approximate surface area is 124 Å². The number of nitrogens with zero attached hydrogens (tertiary/aromatic N) is 2. The largest absolute Gasteiger partial charge is 0.351 e. The summed E-state index contributed by atoms with van der Waals surface area (Å²) in [5.74, 6) is 0.223. The van der Waals surface area contributed by atoms with Gasteiger partial charge in [-0.2, -0.15) is 0 Å². The molecule has 0 atom stereocenters. The first-order valence-electron chi connectivity index (χ1n) is 6.79. The van der Waals surface area contributed by atoms with Crippen LogP contribution in [-0.2, 0) is 6.42 Å². The maximum Gasteiger partial charge on any atom is 0.270 e. The van der Waals surface area contributed by atoms with Gasteiger partial charge in [-0.25, -0.2) is 9.97 Å². The predicted octanol–water partition coefficient (Wildman–Crippen LogP) is 2.05. The van der Waals surface area contributed by atoms with Crippen LogP contribution < -0.4 is 10.6 Å². The van der Waals surface area contributed by atoms with E-state index in [4.69, 9.17) is 0 Å². The van der Waals surface area contributed by atoms with E-state index in [1.54, 1.807) is 18.3 Å². The fourth-order valence-corrected chi connectivity index (χ4v) is 1.79. The summed E-state index contributed by atoms with van der Waals surface area (Å²) in [7, 11) is 0. The van der Waals surface area contributed by atoms with Crippen LogP contribution in [0.2, 0.25) is 0 Å². The van der Waals surface area contributed by atoms with Crippen LogP contribution in [0.4, 0.5) is 5.95 Å². The fraction of sp³-hybridized carbons (Fsp3) is 0.188. The molecule has 5 nitrogen and oxygen atoms in total. The third kappa shape index (κ3) is 4.72. The number of benzene rings is 1. The second-order valence-electron chi connectivity index (χ2n) is 4.43.